The van der Waals surface area contributed by atoms with Crippen molar-refractivity contribution in [1.29, 1.82) is 0 Å². The largest absolute Gasteiger partial charge is 0.437 e. The standard InChI is InChI=1S/C12H34O2Si4/c1-12(15(2,3)4)18(11,13-16(5,6)7)14-17(8,9)10/h12H,1-11H3. The van der Waals surface area contributed by atoms with E-state index >= 15 is 0 Å². The zero-order valence-corrected chi connectivity index (χ0v) is 18.4. The molecule has 0 bridgehead atoms. The molecule has 0 aliphatic rings. The van der Waals surface area contributed by atoms with Crippen molar-refractivity contribution in [2.24, 2.45) is 0 Å². The van der Waals surface area contributed by atoms with Crippen molar-refractivity contribution >= 4 is 33.3 Å². The summed E-state index contributed by atoms with van der Waals surface area (Å²) in [5.74, 6) is 0. The first kappa shape index (κ1) is 18.8. The van der Waals surface area contributed by atoms with Crippen molar-refractivity contribution in [1.82, 2.24) is 0 Å². The van der Waals surface area contributed by atoms with Gasteiger partial charge in [0.25, 0.3) is 0 Å². The van der Waals surface area contributed by atoms with Gasteiger partial charge in [-0.05, 0) is 51.0 Å². The SMILES string of the molecule is CC([Si](C)(C)C)[Si](C)(O[Si](C)(C)C)O[Si](C)(C)C. The van der Waals surface area contributed by atoms with Gasteiger partial charge < -0.3 is 8.23 Å². The zero-order chi connectivity index (χ0) is 15.0. The van der Waals surface area contributed by atoms with Gasteiger partial charge >= 0.3 is 8.56 Å². The van der Waals surface area contributed by atoms with Gasteiger partial charge in [0.2, 0.25) is 0 Å². The Hall–Kier alpha value is 0.788. The summed E-state index contributed by atoms with van der Waals surface area (Å²) in [6.45, 7) is 25.7. The quantitative estimate of drug-likeness (QED) is 0.639. The molecule has 0 aromatic carbocycles. The van der Waals surface area contributed by atoms with E-state index in [0.29, 0.717) is 5.16 Å². The van der Waals surface area contributed by atoms with Gasteiger partial charge in [0.15, 0.2) is 16.6 Å². The fourth-order valence-electron chi connectivity index (χ4n) is 2.20. The lowest BCUT2D eigenvalue weighted by atomic mass is 10.9. The van der Waals surface area contributed by atoms with Gasteiger partial charge in [0.05, 0.1) is 0 Å². The summed E-state index contributed by atoms with van der Waals surface area (Å²) in [6.07, 6.45) is 0. The highest BCUT2D eigenvalue weighted by Gasteiger charge is 2.49. The van der Waals surface area contributed by atoms with E-state index < -0.39 is 33.3 Å². The third-order valence-corrected chi connectivity index (χ3v) is 19.6. The molecule has 0 rings (SSSR count). The molecule has 0 spiro atoms. The summed E-state index contributed by atoms with van der Waals surface area (Å²) in [5, 5.41) is 0.628. The van der Waals surface area contributed by atoms with E-state index in [0.717, 1.165) is 0 Å². The molecule has 0 fully saturated rings. The second-order valence-electron chi connectivity index (χ2n) is 8.53. The molecule has 0 aromatic rings. The van der Waals surface area contributed by atoms with Crippen LogP contribution in [-0.2, 0) is 8.23 Å². The fraction of sp³-hybridized carbons (Fsp3) is 1.00. The van der Waals surface area contributed by atoms with Gasteiger partial charge in [-0.3, -0.25) is 0 Å². The third kappa shape index (κ3) is 6.81. The van der Waals surface area contributed by atoms with Crippen LogP contribution in [0.1, 0.15) is 6.92 Å². The molecule has 0 aliphatic heterocycles. The summed E-state index contributed by atoms with van der Waals surface area (Å²) in [5.41, 5.74) is 0. The van der Waals surface area contributed by atoms with Gasteiger partial charge in [-0.2, -0.15) is 0 Å². The summed E-state index contributed by atoms with van der Waals surface area (Å²) in [6, 6.07) is 0. The van der Waals surface area contributed by atoms with Gasteiger partial charge in [0.1, 0.15) is 0 Å². The van der Waals surface area contributed by atoms with E-state index in [1.807, 2.05) is 0 Å². The Bertz CT molecular complexity index is 257. The van der Waals surface area contributed by atoms with Crippen LogP contribution < -0.4 is 0 Å². The monoisotopic (exact) mass is 322 g/mol. The molecule has 6 heteroatoms. The van der Waals surface area contributed by atoms with Gasteiger partial charge in [-0.25, -0.2) is 0 Å². The van der Waals surface area contributed by atoms with Crippen molar-refractivity contribution in [3.05, 3.63) is 0 Å². The summed E-state index contributed by atoms with van der Waals surface area (Å²) in [7, 11) is -6.42. The normalized spacial score (nSPS) is 16.8. The summed E-state index contributed by atoms with van der Waals surface area (Å²) < 4.78 is 13.2. The van der Waals surface area contributed by atoms with Crippen LogP contribution in [0.5, 0.6) is 0 Å². The Balaban J connectivity index is 5.29. The van der Waals surface area contributed by atoms with Crippen LogP contribution in [0.2, 0.25) is 70.6 Å². The Labute approximate surface area is 119 Å². The minimum atomic E-state index is -2.07. The van der Waals surface area contributed by atoms with E-state index in [-0.39, 0.29) is 0 Å². The Kier molecular flexibility index (Phi) is 5.90. The molecule has 0 saturated carbocycles. The van der Waals surface area contributed by atoms with Crippen LogP contribution in [0.15, 0.2) is 0 Å². The van der Waals surface area contributed by atoms with Gasteiger partial charge in [-0.15, -0.1) is 0 Å². The lowest BCUT2D eigenvalue weighted by Crippen LogP contribution is -2.59. The van der Waals surface area contributed by atoms with Crippen molar-refractivity contribution < 1.29 is 8.23 Å². The lowest BCUT2D eigenvalue weighted by molar-refractivity contribution is 0.379. The van der Waals surface area contributed by atoms with Crippen molar-refractivity contribution in [3.63, 3.8) is 0 Å². The highest BCUT2D eigenvalue weighted by atomic mass is 28.5. The van der Waals surface area contributed by atoms with Crippen molar-refractivity contribution in [3.8, 4) is 0 Å². The Morgan fingerprint density at radius 2 is 0.889 bits per heavy atom. The second-order valence-corrected chi connectivity index (χ2v) is 27.7. The molecule has 110 valence electrons. The maximum absolute atomic E-state index is 6.61. The minimum Gasteiger partial charge on any atom is -0.437 e. The maximum atomic E-state index is 6.61. The van der Waals surface area contributed by atoms with Crippen molar-refractivity contribution in [2.45, 2.75) is 77.6 Å². The van der Waals surface area contributed by atoms with E-state index in [9.17, 15) is 0 Å². The Morgan fingerprint density at radius 1 is 0.611 bits per heavy atom. The molecule has 0 saturated heterocycles. The van der Waals surface area contributed by atoms with Gasteiger partial charge in [0, 0.05) is 8.07 Å². The first-order chi connectivity index (χ1) is 7.57. The average molecular weight is 323 g/mol. The topological polar surface area (TPSA) is 18.5 Å². The van der Waals surface area contributed by atoms with Crippen molar-refractivity contribution in [2.75, 3.05) is 0 Å². The molecule has 0 aromatic heterocycles. The highest BCUT2D eigenvalue weighted by Crippen LogP contribution is 2.36. The smallest absolute Gasteiger partial charge is 0.314 e. The van der Waals surface area contributed by atoms with Crippen LogP contribution in [0.4, 0.5) is 0 Å². The van der Waals surface area contributed by atoms with E-state index in [4.69, 9.17) is 8.23 Å². The molecule has 0 heterocycles. The van der Waals surface area contributed by atoms with Crippen LogP contribution in [0.25, 0.3) is 0 Å². The molecular weight excluding hydrogens is 288 g/mol. The molecule has 0 radical (unpaired) electrons. The van der Waals surface area contributed by atoms with Crippen LogP contribution in [0, 0.1) is 0 Å². The molecule has 0 aliphatic carbocycles. The third-order valence-electron chi connectivity index (χ3n) is 3.10. The highest BCUT2D eigenvalue weighted by molar-refractivity contribution is 6.98. The number of hydrogen-bond acceptors (Lipinski definition) is 2. The maximum Gasteiger partial charge on any atom is 0.314 e. The minimum absolute atomic E-state index is 0.628. The van der Waals surface area contributed by atoms with E-state index in [1.165, 1.54) is 0 Å². The predicted molar refractivity (Wildman–Crippen MR) is 93.3 cm³/mol. The summed E-state index contributed by atoms with van der Waals surface area (Å²) >= 11 is 0. The average Bonchev–Trinajstić information content (AvgIpc) is 1.92. The first-order valence-corrected chi connectivity index (χ1v) is 19.8. The molecular formula is C12H34O2Si4. The molecule has 18 heavy (non-hydrogen) atoms. The first-order valence-electron chi connectivity index (χ1n) is 6.97. The molecule has 1 unspecified atom stereocenters. The molecule has 2 nitrogen and oxygen atoms in total. The fourth-order valence-corrected chi connectivity index (χ4v) is 21.2. The van der Waals surface area contributed by atoms with Crippen LogP contribution >= 0.6 is 0 Å². The Morgan fingerprint density at radius 3 is 1.06 bits per heavy atom. The zero-order valence-electron chi connectivity index (χ0n) is 14.4. The number of rotatable bonds is 6. The summed E-state index contributed by atoms with van der Waals surface area (Å²) in [4.78, 5) is 0. The lowest BCUT2D eigenvalue weighted by Gasteiger charge is -2.45. The molecule has 0 amide bonds. The van der Waals surface area contributed by atoms with Crippen LogP contribution in [0.3, 0.4) is 0 Å². The predicted octanol–water partition coefficient (Wildman–Crippen LogP) is 5.03. The van der Waals surface area contributed by atoms with Crippen LogP contribution in [-0.4, -0.2) is 33.3 Å². The van der Waals surface area contributed by atoms with E-state index in [2.05, 4.69) is 72.4 Å². The van der Waals surface area contributed by atoms with Gasteiger partial charge in [-0.1, -0.05) is 26.6 Å². The number of hydrogen-bond donors (Lipinski definition) is 0. The van der Waals surface area contributed by atoms with E-state index in [1.54, 1.807) is 0 Å². The molecule has 1 atom stereocenters. The molecule has 0 N–H and O–H groups in total. The second kappa shape index (κ2) is 5.65.